The zero-order valence-electron chi connectivity index (χ0n) is 17.3. The summed E-state index contributed by atoms with van der Waals surface area (Å²) in [5.74, 6) is -4.71. The van der Waals surface area contributed by atoms with Crippen molar-refractivity contribution in [2.45, 2.75) is 43.9 Å². The summed E-state index contributed by atoms with van der Waals surface area (Å²) in [6.45, 7) is 1.30. The van der Waals surface area contributed by atoms with E-state index in [2.05, 4.69) is 28.6 Å². The predicted octanol–water partition coefficient (Wildman–Crippen LogP) is -2.37. The maximum atomic E-state index is 12.5. The molecular weight excluding hydrogens is 442 g/mol. The number of aliphatic carboxylic acids is 1. The van der Waals surface area contributed by atoms with Crippen LogP contribution >= 0.6 is 12.6 Å². The Labute approximate surface area is 189 Å². The van der Waals surface area contributed by atoms with Gasteiger partial charge in [-0.15, -0.1) is 0 Å². The highest BCUT2D eigenvalue weighted by Gasteiger charge is 2.29. The van der Waals surface area contributed by atoms with Gasteiger partial charge in [-0.1, -0.05) is 12.1 Å². The number of carbonyl (C=O) groups is 5. The summed E-state index contributed by atoms with van der Waals surface area (Å²) in [7, 11) is 0. The van der Waals surface area contributed by atoms with E-state index in [1.807, 2.05) is 0 Å². The molecule has 176 valence electrons. The van der Waals surface area contributed by atoms with Crippen LogP contribution in [0.1, 0.15) is 18.9 Å². The number of nitrogens with one attached hydrogen (secondary N) is 3. The molecule has 0 fully saturated rings. The summed E-state index contributed by atoms with van der Waals surface area (Å²) in [4.78, 5) is 59.4. The quantitative estimate of drug-likeness (QED) is 0.154. The van der Waals surface area contributed by atoms with Crippen molar-refractivity contribution in [1.29, 1.82) is 0 Å². The second-order valence-electron chi connectivity index (χ2n) is 7.02. The summed E-state index contributed by atoms with van der Waals surface area (Å²) in [6.07, 6.45) is -0.456. The van der Waals surface area contributed by atoms with Crippen molar-refractivity contribution in [3.05, 3.63) is 29.8 Å². The third-order valence-corrected chi connectivity index (χ3v) is 4.68. The van der Waals surface area contributed by atoms with Gasteiger partial charge in [-0.25, -0.2) is 4.79 Å². The van der Waals surface area contributed by atoms with E-state index in [0.717, 1.165) is 0 Å². The number of hydrogen-bond donors (Lipinski definition) is 8. The van der Waals surface area contributed by atoms with Gasteiger partial charge in [-0.3, -0.25) is 19.2 Å². The number of amides is 4. The highest BCUT2D eigenvalue weighted by molar-refractivity contribution is 7.80. The fraction of sp³-hybridized carbons (Fsp3) is 0.421. The van der Waals surface area contributed by atoms with Crippen molar-refractivity contribution >= 4 is 42.2 Å². The summed E-state index contributed by atoms with van der Waals surface area (Å²) in [5.41, 5.74) is 11.7. The normalized spacial score (nSPS) is 14.3. The first-order chi connectivity index (χ1) is 14.9. The third-order valence-electron chi connectivity index (χ3n) is 4.32. The number of phenols is 1. The number of carbonyl (C=O) groups excluding carboxylic acids is 4. The lowest BCUT2D eigenvalue weighted by molar-refractivity contribution is -0.141. The molecule has 12 nitrogen and oxygen atoms in total. The molecule has 0 radical (unpaired) electrons. The zero-order valence-corrected chi connectivity index (χ0v) is 18.2. The van der Waals surface area contributed by atoms with Gasteiger partial charge in [0.1, 0.15) is 23.9 Å². The van der Waals surface area contributed by atoms with Gasteiger partial charge in [0.05, 0.1) is 12.5 Å². The molecular formula is C19H27N5O7S. The van der Waals surface area contributed by atoms with E-state index in [9.17, 15) is 29.1 Å². The van der Waals surface area contributed by atoms with E-state index in [-0.39, 0.29) is 17.9 Å². The number of benzene rings is 1. The molecule has 13 heteroatoms. The predicted molar refractivity (Wildman–Crippen MR) is 117 cm³/mol. The van der Waals surface area contributed by atoms with Gasteiger partial charge >= 0.3 is 5.97 Å². The van der Waals surface area contributed by atoms with E-state index in [1.54, 1.807) is 12.1 Å². The van der Waals surface area contributed by atoms with Crippen LogP contribution in [0.2, 0.25) is 0 Å². The first-order valence-electron chi connectivity index (χ1n) is 9.51. The van der Waals surface area contributed by atoms with E-state index in [0.29, 0.717) is 5.56 Å². The smallest absolute Gasteiger partial charge is 0.327 e. The fourth-order valence-corrected chi connectivity index (χ4v) is 2.78. The van der Waals surface area contributed by atoms with Crippen LogP contribution < -0.4 is 27.4 Å². The molecule has 4 amide bonds. The Hall–Kier alpha value is -3.32. The Kier molecular flexibility index (Phi) is 10.4. The lowest BCUT2D eigenvalue weighted by atomic mass is 10.0. The van der Waals surface area contributed by atoms with Gasteiger partial charge in [0.15, 0.2) is 0 Å². The number of nitrogens with two attached hydrogens (primary N) is 2. The molecule has 32 heavy (non-hydrogen) atoms. The van der Waals surface area contributed by atoms with Gasteiger partial charge in [-0.05, 0) is 31.0 Å². The minimum Gasteiger partial charge on any atom is -0.508 e. The standard InChI is InChI=1S/C19H27N5O7S/c1-9(16(27)24-14(8-32)19(30)31)22-18(29)13(7-15(21)26)23-17(28)12(20)6-10-2-4-11(25)5-3-10/h2-5,9,12-14,25,32H,6-8,20H2,1H3,(H2,21,26)(H,22,29)(H,23,28)(H,24,27)(H,30,31). The highest BCUT2D eigenvalue weighted by Crippen LogP contribution is 2.11. The molecule has 0 saturated carbocycles. The van der Waals surface area contributed by atoms with Gasteiger partial charge in [0.25, 0.3) is 0 Å². The molecule has 0 aromatic heterocycles. The van der Waals surface area contributed by atoms with Gasteiger partial charge in [0, 0.05) is 5.75 Å². The lowest BCUT2D eigenvalue weighted by Crippen LogP contribution is -2.57. The van der Waals surface area contributed by atoms with Crippen molar-refractivity contribution in [3.8, 4) is 5.75 Å². The topological polar surface area (TPSA) is 214 Å². The Morgan fingerprint density at radius 3 is 2.03 bits per heavy atom. The van der Waals surface area contributed by atoms with Crippen molar-refractivity contribution in [3.63, 3.8) is 0 Å². The maximum absolute atomic E-state index is 12.5. The summed E-state index contributed by atoms with van der Waals surface area (Å²) < 4.78 is 0. The minimum absolute atomic E-state index is 0.0483. The lowest BCUT2D eigenvalue weighted by Gasteiger charge is -2.22. The van der Waals surface area contributed by atoms with Gasteiger partial charge < -0.3 is 37.6 Å². The second kappa shape index (κ2) is 12.5. The van der Waals surface area contributed by atoms with Crippen molar-refractivity contribution in [1.82, 2.24) is 16.0 Å². The van der Waals surface area contributed by atoms with Crippen LogP contribution in [0.3, 0.4) is 0 Å². The number of hydrogen-bond acceptors (Lipinski definition) is 8. The van der Waals surface area contributed by atoms with Crippen molar-refractivity contribution in [2.24, 2.45) is 11.5 Å². The second-order valence-corrected chi connectivity index (χ2v) is 7.39. The van der Waals surface area contributed by atoms with E-state index >= 15 is 0 Å². The molecule has 0 aliphatic rings. The first kappa shape index (κ1) is 26.7. The Morgan fingerprint density at radius 1 is 0.969 bits per heavy atom. The van der Waals surface area contributed by atoms with Crippen LogP contribution in [0.5, 0.6) is 5.75 Å². The van der Waals surface area contributed by atoms with E-state index in [4.69, 9.17) is 16.6 Å². The summed E-state index contributed by atoms with van der Waals surface area (Å²) >= 11 is 3.83. The number of rotatable bonds is 12. The molecule has 4 atom stereocenters. The average Bonchev–Trinajstić information content (AvgIpc) is 2.72. The molecule has 1 rings (SSSR count). The SMILES string of the molecule is CC(NC(=O)C(CC(N)=O)NC(=O)C(N)Cc1ccc(O)cc1)C(=O)NC(CS)C(=O)O. The number of carboxylic acid groups (broad SMARTS) is 1. The molecule has 0 saturated heterocycles. The number of primary amides is 1. The van der Waals surface area contributed by atoms with Crippen molar-refractivity contribution < 1.29 is 34.2 Å². The number of carboxylic acids is 1. The highest BCUT2D eigenvalue weighted by atomic mass is 32.1. The van der Waals surface area contributed by atoms with Gasteiger partial charge in [-0.2, -0.15) is 12.6 Å². The molecule has 0 bridgehead atoms. The zero-order chi connectivity index (χ0) is 24.4. The largest absolute Gasteiger partial charge is 0.508 e. The molecule has 0 heterocycles. The number of aromatic hydroxyl groups is 1. The summed E-state index contributed by atoms with van der Waals surface area (Å²) in [6, 6.07) is 1.09. The molecule has 0 aliphatic carbocycles. The minimum atomic E-state index is -1.40. The van der Waals surface area contributed by atoms with E-state index < -0.39 is 60.2 Å². The Morgan fingerprint density at radius 2 is 1.53 bits per heavy atom. The molecule has 0 aliphatic heterocycles. The fourth-order valence-electron chi connectivity index (χ4n) is 2.53. The Balaban J connectivity index is 2.76. The molecule has 9 N–H and O–H groups in total. The third kappa shape index (κ3) is 8.81. The molecule has 1 aromatic rings. The van der Waals surface area contributed by atoms with Crippen LogP contribution in [0.15, 0.2) is 24.3 Å². The van der Waals surface area contributed by atoms with E-state index in [1.165, 1.54) is 19.1 Å². The molecule has 4 unspecified atom stereocenters. The van der Waals surface area contributed by atoms with Crippen molar-refractivity contribution in [2.75, 3.05) is 5.75 Å². The van der Waals surface area contributed by atoms with Gasteiger partial charge in [0.2, 0.25) is 23.6 Å². The van der Waals surface area contributed by atoms with Crippen LogP contribution in [0, 0.1) is 0 Å². The average molecular weight is 470 g/mol. The molecule has 0 spiro atoms. The van der Waals surface area contributed by atoms with Crippen LogP contribution in [-0.4, -0.2) is 69.7 Å². The summed E-state index contributed by atoms with van der Waals surface area (Å²) in [5, 5.41) is 25.1. The van der Waals surface area contributed by atoms with Crippen LogP contribution in [0.4, 0.5) is 0 Å². The van der Waals surface area contributed by atoms with Crippen LogP contribution in [0.25, 0.3) is 0 Å². The first-order valence-corrected chi connectivity index (χ1v) is 10.1. The maximum Gasteiger partial charge on any atom is 0.327 e. The van der Waals surface area contributed by atoms with Crippen LogP contribution in [-0.2, 0) is 30.4 Å². The Bertz CT molecular complexity index is 849. The monoisotopic (exact) mass is 469 g/mol. The number of thiol groups is 1. The molecule has 1 aromatic carbocycles. The number of phenolic OH excluding ortho intramolecular Hbond substituents is 1.